The molecule has 4 rings (SSSR count). The first kappa shape index (κ1) is 19.2. The van der Waals surface area contributed by atoms with Crippen LogP contribution in [0.2, 0.25) is 5.02 Å². The second kappa shape index (κ2) is 7.06. The molecule has 8 heteroatoms. The minimum Gasteiger partial charge on any atom is -0.508 e. The van der Waals surface area contributed by atoms with Crippen LogP contribution < -0.4 is 5.06 Å². The number of aromatic hydroxyl groups is 1. The van der Waals surface area contributed by atoms with Crippen molar-refractivity contribution in [3.8, 4) is 5.75 Å². The molecule has 3 atom stereocenters. The van der Waals surface area contributed by atoms with Gasteiger partial charge < -0.3 is 5.11 Å². The van der Waals surface area contributed by atoms with Gasteiger partial charge in [-0.2, -0.15) is 0 Å². The fourth-order valence-electron chi connectivity index (χ4n) is 3.83. The van der Waals surface area contributed by atoms with Gasteiger partial charge in [-0.1, -0.05) is 27.5 Å². The van der Waals surface area contributed by atoms with Gasteiger partial charge in [0.2, 0.25) is 5.91 Å². The molecule has 2 heterocycles. The number of phenols is 1. The molecule has 6 nitrogen and oxygen atoms in total. The highest BCUT2D eigenvalue weighted by Crippen LogP contribution is 2.49. The summed E-state index contributed by atoms with van der Waals surface area (Å²) < 4.78 is 0.747. The van der Waals surface area contributed by atoms with Gasteiger partial charge in [0.25, 0.3) is 5.91 Å². The molecule has 2 aliphatic heterocycles. The molecule has 28 heavy (non-hydrogen) atoms. The molecule has 2 aliphatic rings. The highest BCUT2D eigenvalue weighted by Gasteiger charge is 2.60. The van der Waals surface area contributed by atoms with Crippen LogP contribution in [0.15, 0.2) is 46.9 Å². The number of imide groups is 1. The van der Waals surface area contributed by atoms with Crippen molar-refractivity contribution < 1.29 is 19.5 Å². The van der Waals surface area contributed by atoms with Gasteiger partial charge in [-0.05, 0) is 56.3 Å². The molecule has 2 aromatic carbocycles. The topological polar surface area (TPSA) is 70.1 Å². The minimum atomic E-state index is -0.936. The molecule has 1 N–H and O–H groups in total. The molecule has 146 valence electrons. The van der Waals surface area contributed by atoms with Gasteiger partial charge in [-0.15, -0.1) is 0 Å². The minimum absolute atomic E-state index is 0.0275. The number of phenolic OH excluding ortho intramolecular Hbond substituents is 1. The third-order valence-corrected chi connectivity index (χ3v) is 5.80. The van der Waals surface area contributed by atoms with E-state index in [9.17, 15) is 14.7 Å². The van der Waals surface area contributed by atoms with E-state index in [2.05, 4.69) is 15.9 Å². The Kier molecular flexibility index (Phi) is 4.85. The van der Waals surface area contributed by atoms with Crippen molar-refractivity contribution in [3.63, 3.8) is 0 Å². The second-order valence-corrected chi connectivity index (χ2v) is 8.49. The van der Waals surface area contributed by atoms with E-state index in [1.54, 1.807) is 56.3 Å². The number of likely N-dealkylation sites (tertiary alicyclic amines) is 1. The number of benzene rings is 2. The fraction of sp³-hybridized carbons (Fsp3) is 0.300. The molecule has 0 radical (unpaired) electrons. The third kappa shape index (κ3) is 2.98. The van der Waals surface area contributed by atoms with Crippen LogP contribution in [0.1, 0.15) is 25.5 Å². The van der Waals surface area contributed by atoms with Gasteiger partial charge in [0.1, 0.15) is 11.7 Å². The predicted molar refractivity (Wildman–Crippen MR) is 108 cm³/mol. The molecule has 2 amide bonds. The molecule has 0 saturated carbocycles. The van der Waals surface area contributed by atoms with E-state index in [0.29, 0.717) is 16.3 Å². The highest BCUT2D eigenvalue weighted by atomic mass is 79.9. The van der Waals surface area contributed by atoms with E-state index in [1.165, 1.54) is 9.96 Å². The van der Waals surface area contributed by atoms with Crippen molar-refractivity contribution >= 4 is 45.0 Å². The Bertz CT molecular complexity index is 950. The molecule has 0 aliphatic carbocycles. The number of halogens is 2. The summed E-state index contributed by atoms with van der Waals surface area (Å²) in [6.07, 6.45) is -0.936. The lowest BCUT2D eigenvalue weighted by Crippen LogP contribution is -2.41. The first-order chi connectivity index (χ1) is 13.3. The maximum absolute atomic E-state index is 13.1. The SMILES string of the molecule is CC(C)N1C(=O)[C@@H]2[C@H](ON(c3ccc(Cl)cc3)[C@H]2c2cc(Br)ccc2O)C1=O. The average molecular weight is 466 g/mol. The van der Waals surface area contributed by atoms with Crippen molar-refractivity contribution in [2.45, 2.75) is 32.0 Å². The molecule has 0 spiro atoms. The number of nitrogens with zero attached hydrogens (tertiary/aromatic N) is 2. The number of rotatable bonds is 3. The maximum Gasteiger partial charge on any atom is 0.262 e. The van der Waals surface area contributed by atoms with E-state index in [1.807, 2.05) is 0 Å². The molecule has 0 bridgehead atoms. The van der Waals surface area contributed by atoms with Gasteiger partial charge in [-0.3, -0.25) is 19.3 Å². The van der Waals surface area contributed by atoms with Gasteiger partial charge in [-0.25, -0.2) is 5.06 Å². The van der Waals surface area contributed by atoms with E-state index >= 15 is 0 Å². The number of hydrogen-bond donors (Lipinski definition) is 1. The van der Waals surface area contributed by atoms with Gasteiger partial charge in [0.05, 0.1) is 11.7 Å². The van der Waals surface area contributed by atoms with Crippen LogP contribution in [0.5, 0.6) is 5.75 Å². The molecule has 0 unspecified atom stereocenters. The highest BCUT2D eigenvalue weighted by molar-refractivity contribution is 9.10. The van der Waals surface area contributed by atoms with Crippen molar-refractivity contribution in [1.29, 1.82) is 0 Å². The standard InChI is InChI=1S/C20H18BrClN2O4/c1-10(2)23-19(26)16-17(14-9-11(21)3-8-15(14)25)24(28-18(16)20(23)27)13-6-4-12(22)5-7-13/h3-10,16-18,25H,1-2H3/t16-,17-,18-/m0/s1. The van der Waals surface area contributed by atoms with E-state index in [4.69, 9.17) is 16.4 Å². The summed E-state index contributed by atoms with van der Waals surface area (Å²) in [6.45, 7) is 3.58. The molecule has 2 fully saturated rings. The molecular formula is C20H18BrClN2O4. The van der Waals surface area contributed by atoms with E-state index in [0.717, 1.165) is 4.47 Å². The lowest BCUT2D eigenvalue weighted by Gasteiger charge is -2.30. The van der Waals surface area contributed by atoms with Crippen LogP contribution in [-0.2, 0) is 14.4 Å². The number of carbonyl (C=O) groups excluding carboxylic acids is 2. The van der Waals surface area contributed by atoms with Crippen LogP contribution in [0.3, 0.4) is 0 Å². The quantitative estimate of drug-likeness (QED) is 0.692. The number of anilines is 1. The van der Waals surface area contributed by atoms with Crippen LogP contribution >= 0.6 is 27.5 Å². The zero-order valence-electron chi connectivity index (χ0n) is 15.2. The van der Waals surface area contributed by atoms with Gasteiger partial charge in [0, 0.05) is 21.1 Å². The normalized spacial score (nSPS) is 24.4. The van der Waals surface area contributed by atoms with Crippen LogP contribution in [0.25, 0.3) is 0 Å². The van der Waals surface area contributed by atoms with Crippen LogP contribution in [0.4, 0.5) is 5.69 Å². The number of hydroxylamine groups is 1. The summed E-state index contributed by atoms with van der Waals surface area (Å²) in [5.41, 5.74) is 1.14. The first-order valence-electron chi connectivity index (χ1n) is 8.86. The van der Waals surface area contributed by atoms with Crippen molar-refractivity contribution in [2.24, 2.45) is 5.92 Å². The zero-order chi connectivity index (χ0) is 20.2. The first-order valence-corrected chi connectivity index (χ1v) is 10.0. The lowest BCUT2D eigenvalue weighted by molar-refractivity contribution is -0.145. The van der Waals surface area contributed by atoms with Gasteiger partial charge in [0.15, 0.2) is 6.10 Å². The number of fused-ring (bicyclic) bond motifs is 1. The molecule has 0 aromatic heterocycles. The summed E-state index contributed by atoms with van der Waals surface area (Å²) in [5.74, 6) is -1.39. The smallest absolute Gasteiger partial charge is 0.262 e. The van der Waals surface area contributed by atoms with Crippen molar-refractivity contribution in [3.05, 3.63) is 57.5 Å². The molecule has 2 aromatic rings. The summed E-state index contributed by atoms with van der Waals surface area (Å²) in [7, 11) is 0. The van der Waals surface area contributed by atoms with Crippen LogP contribution in [-0.4, -0.2) is 34.0 Å². The van der Waals surface area contributed by atoms with Crippen LogP contribution in [0, 0.1) is 5.92 Å². The Balaban J connectivity index is 1.85. The lowest BCUT2D eigenvalue weighted by atomic mass is 9.90. The van der Waals surface area contributed by atoms with Crippen molar-refractivity contribution in [2.75, 3.05) is 5.06 Å². The van der Waals surface area contributed by atoms with E-state index < -0.39 is 18.1 Å². The molecule has 2 saturated heterocycles. The van der Waals surface area contributed by atoms with Crippen molar-refractivity contribution in [1.82, 2.24) is 4.90 Å². The summed E-state index contributed by atoms with van der Waals surface area (Å²) in [4.78, 5) is 33.2. The largest absolute Gasteiger partial charge is 0.508 e. The Morgan fingerprint density at radius 2 is 1.79 bits per heavy atom. The monoisotopic (exact) mass is 464 g/mol. The summed E-state index contributed by atoms with van der Waals surface area (Å²) >= 11 is 9.41. The Morgan fingerprint density at radius 3 is 2.43 bits per heavy atom. The predicted octanol–water partition coefficient (Wildman–Crippen LogP) is 4.06. The second-order valence-electron chi connectivity index (χ2n) is 7.14. The Morgan fingerprint density at radius 1 is 1.11 bits per heavy atom. The Labute approximate surface area is 175 Å². The average Bonchev–Trinajstić information content (AvgIpc) is 3.14. The maximum atomic E-state index is 13.1. The zero-order valence-corrected chi connectivity index (χ0v) is 17.5. The van der Waals surface area contributed by atoms with Gasteiger partial charge >= 0.3 is 0 Å². The third-order valence-electron chi connectivity index (χ3n) is 5.06. The summed E-state index contributed by atoms with van der Waals surface area (Å²) in [5, 5.41) is 12.6. The Hall–Kier alpha value is -2.09. The fourth-order valence-corrected chi connectivity index (χ4v) is 4.34. The number of hydrogen-bond acceptors (Lipinski definition) is 5. The number of amides is 2. The molecular weight excluding hydrogens is 448 g/mol. The number of carbonyl (C=O) groups is 2. The summed E-state index contributed by atoms with van der Waals surface area (Å²) in [6, 6.07) is 11.0. The van der Waals surface area contributed by atoms with E-state index in [-0.39, 0.29) is 23.6 Å².